The van der Waals surface area contributed by atoms with Crippen molar-refractivity contribution < 1.29 is 9.66 Å². The van der Waals surface area contributed by atoms with Crippen LogP contribution in [-0.4, -0.2) is 18.1 Å². The van der Waals surface area contributed by atoms with Crippen LogP contribution < -0.4 is 5.32 Å². The first kappa shape index (κ1) is 15.9. The molecule has 0 saturated heterocycles. The Morgan fingerprint density at radius 3 is 2.55 bits per heavy atom. The van der Waals surface area contributed by atoms with Gasteiger partial charge in [0.15, 0.2) is 0 Å². The summed E-state index contributed by atoms with van der Waals surface area (Å²) in [5, 5.41) is 23.4. The van der Waals surface area contributed by atoms with E-state index in [9.17, 15) is 10.1 Å². The summed E-state index contributed by atoms with van der Waals surface area (Å²) in [7, 11) is 1.52. The van der Waals surface area contributed by atoms with Crippen LogP contribution >= 0.6 is 0 Å². The van der Waals surface area contributed by atoms with E-state index in [-0.39, 0.29) is 23.9 Å². The van der Waals surface area contributed by atoms with Crippen LogP contribution in [0, 0.1) is 21.4 Å². The zero-order chi connectivity index (χ0) is 15.1. The summed E-state index contributed by atoms with van der Waals surface area (Å²) in [6.07, 6.45) is 1.74. The van der Waals surface area contributed by atoms with Crippen LogP contribution in [0.25, 0.3) is 0 Å². The van der Waals surface area contributed by atoms with E-state index in [0.29, 0.717) is 11.3 Å². The predicted octanol–water partition coefficient (Wildman–Crippen LogP) is 3.21. The van der Waals surface area contributed by atoms with Gasteiger partial charge in [0.05, 0.1) is 23.2 Å². The maximum absolute atomic E-state index is 11.1. The SMILES string of the molecule is CCC(CC)Nc1cc(COC)c(C#N)cc1[N+](=O)[O-]. The van der Waals surface area contributed by atoms with E-state index in [4.69, 9.17) is 10.00 Å². The van der Waals surface area contributed by atoms with E-state index < -0.39 is 4.92 Å². The molecule has 0 heterocycles. The van der Waals surface area contributed by atoms with Gasteiger partial charge < -0.3 is 10.1 Å². The second-order valence-electron chi connectivity index (χ2n) is 4.49. The normalized spacial score (nSPS) is 10.3. The molecule has 0 aliphatic carbocycles. The van der Waals surface area contributed by atoms with E-state index in [1.54, 1.807) is 6.07 Å². The number of methoxy groups -OCH3 is 1. The van der Waals surface area contributed by atoms with Gasteiger partial charge in [0.25, 0.3) is 5.69 Å². The van der Waals surface area contributed by atoms with E-state index in [0.717, 1.165) is 12.8 Å². The van der Waals surface area contributed by atoms with Gasteiger partial charge >= 0.3 is 0 Å². The molecule has 6 heteroatoms. The smallest absolute Gasteiger partial charge is 0.293 e. The fraction of sp³-hybridized carbons (Fsp3) is 0.500. The van der Waals surface area contributed by atoms with E-state index >= 15 is 0 Å². The molecule has 0 spiro atoms. The third kappa shape index (κ3) is 3.68. The summed E-state index contributed by atoms with van der Waals surface area (Å²) in [5.74, 6) is 0. The highest BCUT2D eigenvalue weighted by Crippen LogP contribution is 2.30. The Bertz CT molecular complexity index is 519. The van der Waals surface area contributed by atoms with Crippen LogP contribution in [0.1, 0.15) is 37.8 Å². The number of nitro benzene ring substituents is 1. The lowest BCUT2D eigenvalue weighted by Gasteiger charge is -2.17. The van der Waals surface area contributed by atoms with Gasteiger partial charge in [-0.15, -0.1) is 0 Å². The summed E-state index contributed by atoms with van der Waals surface area (Å²) in [5.41, 5.74) is 1.28. The molecule has 0 unspecified atom stereocenters. The summed E-state index contributed by atoms with van der Waals surface area (Å²) in [6.45, 7) is 4.29. The van der Waals surface area contributed by atoms with Crippen molar-refractivity contribution in [1.29, 1.82) is 5.26 Å². The first-order chi connectivity index (χ1) is 9.57. The maximum atomic E-state index is 11.1. The second kappa shape index (κ2) is 7.46. The topological polar surface area (TPSA) is 88.2 Å². The lowest BCUT2D eigenvalue weighted by atomic mass is 10.0. The highest BCUT2D eigenvalue weighted by atomic mass is 16.6. The molecule has 1 aromatic rings. The average molecular weight is 277 g/mol. The number of ether oxygens (including phenoxy) is 1. The number of nitrogens with zero attached hydrogens (tertiary/aromatic N) is 2. The molecule has 20 heavy (non-hydrogen) atoms. The monoisotopic (exact) mass is 277 g/mol. The van der Waals surface area contributed by atoms with Crippen LogP contribution in [0.5, 0.6) is 0 Å². The fourth-order valence-corrected chi connectivity index (χ4v) is 1.99. The molecule has 6 nitrogen and oxygen atoms in total. The molecule has 108 valence electrons. The van der Waals surface area contributed by atoms with Crippen LogP contribution in [0.3, 0.4) is 0 Å². The molecule has 0 fully saturated rings. The molecule has 0 saturated carbocycles. The average Bonchev–Trinajstić information content (AvgIpc) is 2.44. The molecule has 1 rings (SSSR count). The maximum Gasteiger partial charge on any atom is 0.293 e. The largest absolute Gasteiger partial charge is 0.380 e. The van der Waals surface area contributed by atoms with E-state index in [1.807, 2.05) is 19.9 Å². The summed E-state index contributed by atoms with van der Waals surface area (Å²) in [6, 6.07) is 5.08. The lowest BCUT2D eigenvalue weighted by Crippen LogP contribution is -2.18. The Kier molecular flexibility index (Phi) is 5.94. The number of hydrogen-bond donors (Lipinski definition) is 1. The molecule has 0 amide bonds. The minimum Gasteiger partial charge on any atom is -0.380 e. The molecular weight excluding hydrogens is 258 g/mol. The Morgan fingerprint density at radius 1 is 1.45 bits per heavy atom. The minimum absolute atomic E-state index is 0.0756. The summed E-state index contributed by atoms with van der Waals surface area (Å²) < 4.78 is 5.03. The number of hydrogen-bond acceptors (Lipinski definition) is 5. The molecular formula is C14H19N3O3. The van der Waals surface area contributed by atoms with Crippen molar-refractivity contribution in [2.75, 3.05) is 12.4 Å². The standard InChI is InChI=1S/C14H19N3O3/c1-4-12(5-2)16-13-6-11(9-20-3)10(8-15)7-14(13)17(18)19/h6-7,12,16H,4-5,9H2,1-3H3. The van der Waals surface area contributed by atoms with Crippen LogP contribution in [0.4, 0.5) is 11.4 Å². The molecule has 0 radical (unpaired) electrons. The van der Waals surface area contributed by atoms with Gasteiger partial charge in [-0.2, -0.15) is 5.26 Å². The molecule has 0 aliphatic heterocycles. The Labute approximate surface area is 118 Å². The number of nitriles is 1. The van der Waals surface area contributed by atoms with Crippen molar-refractivity contribution >= 4 is 11.4 Å². The Balaban J connectivity index is 3.28. The molecule has 1 N–H and O–H groups in total. The third-order valence-corrected chi connectivity index (χ3v) is 3.18. The molecule has 0 atom stereocenters. The van der Waals surface area contributed by atoms with Gasteiger partial charge in [-0.25, -0.2) is 0 Å². The van der Waals surface area contributed by atoms with E-state index in [1.165, 1.54) is 13.2 Å². The van der Waals surface area contributed by atoms with Crippen molar-refractivity contribution in [2.24, 2.45) is 0 Å². The van der Waals surface area contributed by atoms with Gasteiger partial charge in [-0.1, -0.05) is 13.8 Å². The molecule has 1 aromatic carbocycles. The first-order valence-electron chi connectivity index (χ1n) is 6.54. The molecule has 0 aromatic heterocycles. The zero-order valence-electron chi connectivity index (χ0n) is 12.0. The Hall–Kier alpha value is -2.13. The van der Waals surface area contributed by atoms with Crippen molar-refractivity contribution in [3.8, 4) is 6.07 Å². The van der Waals surface area contributed by atoms with Gasteiger partial charge in [0.2, 0.25) is 0 Å². The van der Waals surface area contributed by atoms with Crippen molar-refractivity contribution in [3.05, 3.63) is 33.4 Å². The number of anilines is 1. The van der Waals surface area contributed by atoms with Gasteiger partial charge in [0.1, 0.15) is 5.69 Å². The quantitative estimate of drug-likeness (QED) is 0.610. The van der Waals surface area contributed by atoms with Crippen molar-refractivity contribution in [1.82, 2.24) is 0 Å². The fourth-order valence-electron chi connectivity index (χ4n) is 1.99. The zero-order valence-corrected chi connectivity index (χ0v) is 12.0. The summed E-state index contributed by atoms with van der Waals surface area (Å²) in [4.78, 5) is 10.7. The van der Waals surface area contributed by atoms with Gasteiger partial charge in [-0.3, -0.25) is 10.1 Å². The first-order valence-corrected chi connectivity index (χ1v) is 6.54. The second-order valence-corrected chi connectivity index (χ2v) is 4.49. The number of rotatable bonds is 7. The highest BCUT2D eigenvalue weighted by molar-refractivity contribution is 5.66. The van der Waals surface area contributed by atoms with Gasteiger partial charge in [0, 0.05) is 19.2 Å². The number of nitrogens with one attached hydrogen (secondary N) is 1. The lowest BCUT2D eigenvalue weighted by molar-refractivity contribution is -0.384. The Morgan fingerprint density at radius 2 is 2.10 bits per heavy atom. The predicted molar refractivity (Wildman–Crippen MR) is 76.5 cm³/mol. The highest BCUT2D eigenvalue weighted by Gasteiger charge is 2.19. The molecule has 0 bridgehead atoms. The van der Waals surface area contributed by atoms with Gasteiger partial charge in [-0.05, 0) is 24.5 Å². The minimum atomic E-state index is -0.470. The number of nitro groups is 1. The van der Waals surface area contributed by atoms with E-state index in [2.05, 4.69) is 5.32 Å². The van der Waals surface area contributed by atoms with Crippen LogP contribution in [0.2, 0.25) is 0 Å². The molecule has 0 aliphatic rings. The third-order valence-electron chi connectivity index (χ3n) is 3.18. The van der Waals surface area contributed by atoms with Crippen LogP contribution in [-0.2, 0) is 11.3 Å². The summed E-state index contributed by atoms with van der Waals surface area (Å²) >= 11 is 0. The number of benzene rings is 1. The van der Waals surface area contributed by atoms with Crippen LogP contribution in [0.15, 0.2) is 12.1 Å². The van der Waals surface area contributed by atoms with Crippen molar-refractivity contribution in [3.63, 3.8) is 0 Å². The van der Waals surface area contributed by atoms with Crippen molar-refractivity contribution in [2.45, 2.75) is 39.3 Å².